The molecule has 0 aliphatic carbocycles. The summed E-state index contributed by atoms with van der Waals surface area (Å²) in [5.74, 6) is 0. The smallest absolute Gasteiger partial charge is 0.530 e. The largest absolute Gasteiger partial charge is 3.00 e. The summed E-state index contributed by atoms with van der Waals surface area (Å²) in [6, 6.07) is 0.0278. The van der Waals surface area contributed by atoms with Gasteiger partial charge in [-0.3, -0.25) is 0 Å². The van der Waals surface area contributed by atoms with Crippen LogP contribution in [0.4, 0.5) is 14.4 Å². The van der Waals surface area contributed by atoms with Gasteiger partial charge in [-0.15, -0.1) is 0 Å². The van der Waals surface area contributed by atoms with Gasteiger partial charge in [0, 0.05) is 36.3 Å². The van der Waals surface area contributed by atoms with Gasteiger partial charge in [0.1, 0.15) is 18.3 Å². The Morgan fingerprint density at radius 3 is 0.516 bits per heavy atom. The SMILES string of the molecule is CC(C)N(C(=O)[O-])C(C)C.CC(C)N(C(=O)[O-])C(C)C.CC(C)N(C(=O)[O-])C(C)C.[Fe+3]. The first kappa shape index (κ1) is 36.7. The number of carbonyl (C=O) groups is 3. The van der Waals surface area contributed by atoms with Crippen molar-refractivity contribution in [2.45, 2.75) is 119 Å². The Morgan fingerprint density at radius 1 is 0.419 bits per heavy atom. The molecule has 1 radical (unpaired) electrons. The van der Waals surface area contributed by atoms with E-state index in [4.69, 9.17) is 0 Å². The van der Waals surface area contributed by atoms with Crippen LogP contribution in [0.15, 0.2) is 0 Å². The fourth-order valence-electron chi connectivity index (χ4n) is 3.05. The second kappa shape index (κ2) is 18.0. The van der Waals surface area contributed by atoms with E-state index in [2.05, 4.69) is 0 Å². The maximum absolute atomic E-state index is 10.4. The van der Waals surface area contributed by atoms with Crippen LogP contribution in [0, 0.1) is 0 Å². The summed E-state index contributed by atoms with van der Waals surface area (Å²) < 4.78 is 0. The van der Waals surface area contributed by atoms with E-state index in [0.29, 0.717) is 0 Å². The first-order valence-corrected chi connectivity index (χ1v) is 10.4. The number of hydrogen-bond donors (Lipinski definition) is 0. The second-order valence-corrected chi connectivity index (χ2v) is 8.58. The van der Waals surface area contributed by atoms with Crippen LogP contribution < -0.4 is 15.3 Å². The van der Waals surface area contributed by atoms with E-state index in [1.807, 2.05) is 83.1 Å². The molecule has 185 valence electrons. The number of amides is 3. The Morgan fingerprint density at radius 2 is 0.516 bits per heavy atom. The summed E-state index contributed by atoms with van der Waals surface area (Å²) in [4.78, 5) is 35.1. The third-order valence-electron chi connectivity index (χ3n) is 3.97. The van der Waals surface area contributed by atoms with E-state index < -0.39 is 18.3 Å². The van der Waals surface area contributed by atoms with E-state index >= 15 is 0 Å². The molecule has 31 heavy (non-hydrogen) atoms. The van der Waals surface area contributed by atoms with Gasteiger partial charge in [-0.1, -0.05) is 0 Å². The van der Waals surface area contributed by atoms with Crippen LogP contribution in [0.5, 0.6) is 0 Å². The summed E-state index contributed by atoms with van der Waals surface area (Å²) in [6.45, 7) is 21.9. The number of rotatable bonds is 6. The van der Waals surface area contributed by atoms with E-state index in [1.165, 1.54) is 14.7 Å². The summed E-state index contributed by atoms with van der Waals surface area (Å²) >= 11 is 0. The normalized spacial score (nSPS) is 10.3. The maximum atomic E-state index is 10.4. The van der Waals surface area contributed by atoms with Gasteiger partial charge in [0.05, 0.1) is 0 Å². The van der Waals surface area contributed by atoms with Crippen molar-refractivity contribution in [1.82, 2.24) is 14.7 Å². The summed E-state index contributed by atoms with van der Waals surface area (Å²) in [5, 5.41) is 31.2. The molecule has 0 rings (SSSR count). The van der Waals surface area contributed by atoms with Crippen LogP contribution in [0.1, 0.15) is 83.1 Å². The Hall–Kier alpha value is -1.67. The predicted octanol–water partition coefficient (Wildman–Crippen LogP) is 1.34. The quantitative estimate of drug-likeness (QED) is 0.519. The molecule has 0 unspecified atom stereocenters. The van der Waals surface area contributed by atoms with Crippen LogP contribution in [0.25, 0.3) is 0 Å². The number of hydrogen-bond acceptors (Lipinski definition) is 6. The van der Waals surface area contributed by atoms with Gasteiger partial charge in [0.15, 0.2) is 0 Å². The van der Waals surface area contributed by atoms with Gasteiger partial charge in [-0.2, -0.15) is 0 Å². The Kier molecular flexibility index (Phi) is 21.2. The fourth-order valence-corrected chi connectivity index (χ4v) is 3.05. The minimum absolute atomic E-state index is 0. The van der Waals surface area contributed by atoms with Crippen molar-refractivity contribution >= 4 is 18.3 Å². The third-order valence-corrected chi connectivity index (χ3v) is 3.97. The number of carbonyl (C=O) groups excluding carboxylic acids is 3. The molecule has 10 heteroatoms. The average molecular weight is 488 g/mol. The minimum Gasteiger partial charge on any atom is -0.530 e. The molecule has 0 aliphatic rings. The zero-order valence-electron chi connectivity index (χ0n) is 21.1. The van der Waals surface area contributed by atoms with Crippen molar-refractivity contribution in [3.05, 3.63) is 0 Å². The molecule has 0 atom stereocenters. The molecule has 0 aromatic heterocycles. The van der Waals surface area contributed by atoms with Gasteiger partial charge < -0.3 is 44.4 Å². The van der Waals surface area contributed by atoms with Crippen LogP contribution in [-0.4, -0.2) is 69.2 Å². The van der Waals surface area contributed by atoms with E-state index in [-0.39, 0.29) is 53.3 Å². The van der Waals surface area contributed by atoms with E-state index in [0.717, 1.165) is 0 Å². The van der Waals surface area contributed by atoms with Crippen molar-refractivity contribution in [1.29, 1.82) is 0 Å². The van der Waals surface area contributed by atoms with Gasteiger partial charge >= 0.3 is 17.1 Å². The molecule has 3 amide bonds. The molecule has 0 saturated heterocycles. The van der Waals surface area contributed by atoms with Crippen LogP contribution >= 0.6 is 0 Å². The third kappa shape index (κ3) is 16.7. The first-order chi connectivity index (χ1) is 13.4. The standard InChI is InChI=1S/3C7H15NO2.Fe/c3*1-5(2)8(6(3)4)7(9)10;/h3*5-6H,1-4H3,(H,9,10);/q;;;+3/p-3. The molecule has 0 aromatic carbocycles. The molecule has 0 bridgehead atoms. The van der Waals surface area contributed by atoms with Gasteiger partial charge in [0.25, 0.3) is 0 Å². The molecular weight excluding hydrogens is 446 g/mol. The average Bonchev–Trinajstić information content (AvgIpc) is 2.43. The zero-order valence-corrected chi connectivity index (χ0v) is 22.2. The van der Waals surface area contributed by atoms with Crippen molar-refractivity contribution in [2.75, 3.05) is 0 Å². The van der Waals surface area contributed by atoms with Crippen LogP contribution in [-0.2, 0) is 17.1 Å². The second-order valence-electron chi connectivity index (χ2n) is 8.58. The fraction of sp³-hybridized carbons (Fsp3) is 0.857. The summed E-state index contributed by atoms with van der Waals surface area (Å²) in [7, 11) is 0. The summed E-state index contributed by atoms with van der Waals surface area (Å²) in [5.41, 5.74) is 0. The molecule has 0 fully saturated rings. The molecule has 0 N–H and O–H groups in total. The monoisotopic (exact) mass is 488 g/mol. The first-order valence-electron chi connectivity index (χ1n) is 10.4. The van der Waals surface area contributed by atoms with Crippen LogP contribution in [0.2, 0.25) is 0 Å². The molecule has 0 saturated carbocycles. The Balaban J connectivity index is -0.000000174. The van der Waals surface area contributed by atoms with Crippen molar-refractivity contribution in [3.8, 4) is 0 Å². The Bertz CT molecular complexity index is 416. The van der Waals surface area contributed by atoms with Crippen molar-refractivity contribution in [3.63, 3.8) is 0 Å². The van der Waals surface area contributed by atoms with E-state index in [1.54, 1.807) is 0 Å². The minimum atomic E-state index is -1.09. The maximum Gasteiger partial charge on any atom is 3.00 e. The number of carboxylic acid groups (broad SMARTS) is 3. The van der Waals surface area contributed by atoms with Gasteiger partial charge in [-0.25, -0.2) is 0 Å². The zero-order chi connectivity index (χ0) is 24.9. The van der Waals surface area contributed by atoms with Gasteiger partial charge in [-0.05, 0) is 83.1 Å². The number of nitrogens with zero attached hydrogens (tertiary/aromatic N) is 3. The molecular formula is C21H42FeN3O6. The molecule has 0 spiro atoms. The predicted molar refractivity (Wildman–Crippen MR) is 113 cm³/mol. The van der Waals surface area contributed by atoms with Gasteiger partial charge in [0.2, 0.25) is 0 Å². The topological polar surface area (TPSA) is 130 Å². The van der Waals surface area contributed by atoms with E-state index in [9.17, 15) is 29.7 Å². The molecule has 0 heterocycles. The van der Waals surface area contributed by atoms with Crippen LogP contribution in [0.3, 0.4) is 0 Å². The Labute approximate surface area is 199 Å². The van der Waals surface area contributed by atoms with Crippen molar-refractivity contribution < 1.29 is 46.8 Å². The molecule has 9 nitrogen and oxygen atoms in total. The molecule has 0 aliphatic heterocycles. The molecule has 0 aromatic rings. The summed E-state index contributed by atoms with van der Waals surface area (Å²) in [6.07, 6.45) is -3.28. The van der Waals surface area contributed by atoms with Crippen molar-refractivity contribution in [2.24, 2.45) is 0 Å².